The van der Waals surface area contributed by atoms with Crippen LogP contribution in [0.1, 0.15) is 25.7 Å². The van der Waals surface area contributed by atoms with E-state index in [4.69, 9.17) is 4.74 Å². The number of ether oxygens (including phenoxy) is 1. The molecule has 0 radical (unpaired) electrons. The number of carbonyl (C=O) groups excluding carboxylic acids is 2. The minimum atomic E-state index is -0.00916. The molecule has 2 amide bonds. The first kappa shape index (κ1) is 15.5. The van der Waals surface area contributed by atoms with Gasteiger partial charge in [0.25, 0.3) is 0 Å². The lowest BCUT2D eigenvalue weighted by atomic mass is 10.1. The minimum absolute atomic E-state index is 0. The molecule has 1 saturated carbocycles. The van der Waals surface area contributed by atoms with Crippen molar-refractivity contribution < 1.29 is 14.3 Å². The van der Waals surface area contributed by atoms with E-state index in [1.807, 2.05) is 4.90 Å². The van der Waals surface area contributed by atoms with Gasteiger partial charge in [0.2, 0.25) is 11.8 Å². The molecule has 2 atom stereocenters. The maximum atomic E-state index is 11.9. The summed E-state index contributed by atoms with van der Waals surface area (Å²) >= 11 is 0. The van der Waals surface area contributed by atoms with Gasteiger partial charge in [-0.15, -0.1) is 12.4 Å². The van der Waals surface area contributed by atoms with E-state index in [-0.39, 0.29) is 36.3 Å². The van der Waals surface area contributed by atoms with Crippen LogP contribution in [0.4, 0.5) is 0 Å². The van der Waals surface area contributed by atoms with Crippen molar-refractivity contribution in [3.63, 3.8) is 0 Å². The number of amides is 2. The summed E-state index contributed by atoms with van der Waals surface area (Å²) < 4.78 is 5.32. The van der Waals surface area contributed by atoms with Crippen molar-refractivity contribution in [2.75, 3.05) is 26.3 Å². The van der Waals surface area contributed by atoms with E-state index in [1.165, 1.54) is 0 Å². The maximum Gasteiger partial charge on any atom is 0.225 e. The molecule has 0 aromatic heterocycles. The van der Waals surface area contributed by atoms with E-state index < -0.39 is 0 Å². The molecule has 114 valence electrons. The molecule has 0 aromatic rings. The molecular weight excluding hydrogens is 282 g/mol. The highest BCUT2D eigenvalue weighted by atomic mass is 35.5. The number of hydrogen-bond donors (Lipinski definition) is 2. The number of nitrogens with zero attached hydrogens (tertiary/aromatic N) is 1. The molecule has 0 aromatic carbocycles. The first-order chi connectivity index (χ1) is 9.22. The minimum Gasteiger partial charge on any atom is -0.378 e. The summed E-state index contributed by atoms with van der Waals surface area (Å²) in [5, 5.41) is 6.23. The first-order valence-electron chi connectivity index (χ1n) is 7.12. The Kier molecular flexibility index (Phi) is 5.23. The molecule has 2 unspecified atom stereocenters. The molecule has 2 N–H and O–H groups in total. The number of hydrogen-bond acceptors (Lipinski definition) is 4. The monoisotopic (exact) mass is 303 g/mol. The molecule has 0 bridgehead atoms. The molecule has 1 aliphatic carbocycles. The third-order valence-electron chi connectivity index (χ3n) is 3.94. The van der Waals surface area contributed by atoms with Gasteiger partial charge in [-0.25, -0.2) is 0 Å². The van der Waals surface area contributed by atoms with Crippen LogP contribution in [-0.2, 0) is 14.3 Å². The highest BCUT2D eigenvalue weighted by molar-refractivity contribution is 5.85. The third-order valence-corrected chi connectivity index (χ3v) is 3.94. The zero-order valence-electron chi connectivity index (χ0n) is 11.5. The Labute approximate surface area is 125 Å². The van der Waals surface area contributed by atoms with Gasteiger partial charge < -0.3 is 20.3 Å². The van der Waals surface area contributed by atoms with Gasteiger partial charge in [0.05, 0.1) is 19.3 Å². The molecule has 6 nitrogen and oxygen atoms in total. The average Bonchev–Trinajstić information content (AvgIpc) is 3.15. The lowest BCUT2D eigenvalue weighted by molar-refractivity contribution is -0.128. The topological polar surface area (TPSA) is 70.7 Å². The second-order valence-electron chi connectivity index (χ2n) is 5.68. The maximum absolute atomic E-state index is 11.9. The number of halogens is 1. The van der Waals surface area contributed by atoms with Crippen molar-refractivity contribution >= 4 is 24.2 Å². The second kappa shape index (κ2) is 6.74. The number of nitrogens with one attached hydrogen (secondary N) is 2. The Hall–Kier alpha value is -0.850. The first-order valence-corrected chi connectivity index (χ1v) is 7.12. The van der Waals surface area contributed by atoms with Crippen molar-refractivity contribution in [2.45, 2.75) is 43.8 Å². The van der Waals surface area contributed by atoms with Gasteiger partial charge in [-0.05, 0) is 12.8 Å². The van der Waals surface area contributed by atoms with E-state index in [9.17, 15) is 9.59 Å². The summed E-state index contributed by atoms with van der Waals surface area (Å²) in [7, 11) is 0. The van der Waals surface area contributed by atoms with E-state index in [0.717, 1.165) is 19.4 Å². The fourth-order valence-corrected chi connectivity index (χ4v) is 2.83. The lowest BCUT2D eigenvalue weighted by Crippen LogP contribution is -2.46. The molecule has 2 heterocycles. The molecule has 3 aliphatic rings. The zero-order valence-corrected chi connectivity index (χ0v) is 12.3. The number of likely N-dealkylation sites (tertiary alicyclic amines) is 1. The molecular formula is C13H22ClN3O3. The van der Waals surface area contributed by atoms with Crippen LogP contribution in [0.3, 0.4) is 0 Å². The summed E-state index contributed by atoms with van der Waals surface area (Å²) in [4.78, 5) is 25.6. The number of morpholine rings is 1. The molecule has 2 saturated heterocycles. The summed E-state index contributed by atoms with van der Waals surface area (Å²) in [5.74, 6) is 0.199. The van der Waals surface area contributed by atoms with Crippen LogP contribution in [0.25, 0.3) is 0 Å². The van der Waals surface area contributed by atoms with Gasteiger partial charge in [-0.2, -0.15) is 0 Å². The summed E-state index contributed by atoms with van der Waals surface area (Å²) in [6.45, 7) is 2.79. The van der Waals surface area contributed by atoms with Gasteiger partial charge >= 0.3 is 0 Å². The fraction of sp³-hybridized carbons (Fsp3) is 0.846. The lowest BCUT2D eigenvalue weighted by Gasteiger charge is -2.24. The van der Waals surface area contributed by atoms with Gasteiger partial charge in [0, 0.05) is 38.0 Å². The molecule has 20 heavy (non-hydrogen) atoms. The molecule has 3 rings (SSSR count). The van der Waals surface area contributed by atoms with Crippen LogP contribution in [0.5, 0.6) is 0 Å². The largest absolute Gasteiger partial charge is 0.378 e. The van der Waals surface area contributed by atoms with Gasteiger partial charge in [-0.1, -0.05) is 0 Å². The van der Waals surface area contributed by atoms with Crippen LogP contribution in [0, 0.1) is 0 Å². The molecule has 3 fully saturated rings. The summed E-state index contributed by atoms with van der Waals surface area (Å²) in [6.07, 6.45) is 3.12. The van der Waals surface area contributed by atoms with Gasteiger partial charge in [0.1, 0.15) is 0 Å². The molecule has 7 heteroatoms. The van der Waals surface area contributed by atoms with Crippen LogP contribution in [0.2, 0.25) is 0 Å². The number of rotatable bonds is 4. The smallest absolute Gasteiger partial charge is 0.225 e. The highest BCUT2D eigenvalue weighted by Crippen LogP contribution is 2.30. The fourth-order valence-electron chi connectivity index (χ4n) is 2.83. The number of carbonyl (C=O) groups is 2. The predicted octanol–water partition coefficient (Wildman–Crippen LogP) is -0.334. The van der Waals surface area contributed by atoms with E-state index in [1.54, 1.807) is 0 Å². The van der Waals surface area contributed by atoms with E-state index in [2.05, 4.69) is 10.6 Å². The molecule has 2 aliphatic heterocycles. The van der Waals surface area contributed by atoms with E-state index >= 15 is 0 Å². The second-order valence-corrected chi connectivity index (χ2v) is 5.68. The Balaban J connectivity index is 0.00000147. The van der Waals surface area contributed by atoms with Gasteiger partial charge in [-0.3, -0.25) is 9.59 Å². The van der Waals surface area contributed by atoms with Crippen molar-refractivity contribution in [1.29, 1.82) is 0 Å². The Morgan fingerprint density at radius 2 is 2.25 bits per heavy atom. The van der Waals surface area contributed by atoms with Crippen molar-refractivity contribution in [1.82, 2.24) is 15.5 Å². The van der Waals surface area contributed by atoms with Gasteiger partial charge in [0.15, 0.2) is 0 Å². The SMILES string of the molecule is Cl.O=C(CC1COCCN1)NC1CC(=O)N(C2CC2)C1. The summed E-state index contributed by atoms with van der Waals surface area (Å²) in [6, 6.07) is 0.540. The third kappa shape index (κ3) is 3.84. The van der Waals surface area contributed by atoms with Crippen molar-refractivity contribution in [3.8, 4) is 0 Å². The Morgan fingerprint density at radius 3 is 2.90 bits per heavy atom. The predicted molar refractivity (Wildman–Crippen MR) is 75.8 cm³/mol. The summed E-state index contributed by atoms with van der Waals surface area (Å²) in [5.41, 5.74) is 0. The van der Waals surface area contributed by atoms with Crippen molar-refractivity contribution in [2.24, 2.45) is 0 Å². The normalized spacial score (nSPS) is 30.0. The zero-order chi connectivity index (χ0) is 13.2. The average molecular weight is 304 g/mol. The van der Waals surface area contributed by atoms with Crippen LogP contribution < -0.4 is 10.6 Å². The Bertz CT molecular complexity index is 370. The van der Waals surface area contributed by atoms with Crippen LogP contribution in [0.15, 0.2) is 0 Å². The Morgan fingerprint density at radius 1 is 1.45 bits per heavy atom. The van der Waals surface area contributed by atoms with Crippen molar-refractivity contribution in [3.05, 3.63) is 0 Å². The van der Waals surface area contributed by atoms with Crippen LogP contribution in [-0.4, -0.2) is 61.1 Å². The standard InChI is InChI=1S/C13H21N3O3.ClH/c17-12(5-10-8-19-4-3-14-10)15-9-6-13(18)16(7-9)11-1-2-11;/h9-11,14H,1-8H2,(H,15,17);1H. The molecule has 0 spiro atoms. The quantitative estimate of drug-likeness (QED) is 0.746. The highest BCUT2D eigenvalue weighted by Gasteiger charge is 2.39. The van der Waals surface area contributed by atoms with E-state index in [0.29, 0.717) is 38.6 Å². The van der Waals surface area contributed by atoms with Crippen LogP contribution >= 0.6 is 12.4 Å².